The Morgan fingerprint density at radius 1 is 1.28 bits per heavy atom. The van der Waals surface area contributed by atoms with Crippen molar-refractivity contribution in [2.75, 3.05) is 38.2 Å². The van der Waals surface area contributed by atoms with E-state index in [0.29, 0.717) is 24.8 Å². The van der Waals surface area contributed by atoms with Gasteiger partial charge in [0, 0.05) is 58.1 Å². The summed E-state index contributed by atoms with van der Waals surface area (Å²) >= 11 is 0. The summed E-state index contributed by atoms with van der Waals surface area (Å²) in [6.45, 7) is 3.02. The summed E-state index contributed by atoms with van der Waals surface area (Å²) in [7, 11) is 3.48. The lowest BCUT2D eigenvalue weighted by Crippen LogP contribution is -2.35. The maximum Gasteiger partial charge on any atom is 0.228 e. The van der Waals surface area contributed by atoms with Crippen molar-refractivity contribution in [3.63, 3.8) is 0 Å². The van der Waals surface area contributed by atoms with Gasteiger partial charge < -0.3 is 14.5 Å². The Hall–Kier alpha value is -2.64. The van der Waals surface area contributed by atoms with Crippen LogP contribution >= 0.6 is 0 Å². The molecule has 8 heteroatoms. The number of hydrogen-bond donors (Lipinski definition) is 0. The molecule has 1 amide bonds. The van der Waals surface area contributed by atoms with Gasteiger partial charge in [0.05, 0.1) is 13.3 Å². The lowest BCUT2D eigenvalue weighted by atomic mass is 10.2. The first kappa shape index (κ1) is 17.2. The number of rotatable bonds is 5. The number of aromatic nitrogens is 4. The largest absolute Gasteiger partial charge is 0.481 e. The average Bonchev–Trinajstić information content (AvgIpc) is 2.90. The van der Waals surface area contributed by atoms with Crippen molar-refractivity contribution in [2.45, 2.75) is 19.3 Å². The van der Waals surface area contributed by atoms with Gasteiger partial charge in [-0.1, -0.05) is 0 Å². The second kappa shape index (κ2) is 7.96. The Labute approximate surface area is 147 Å². The molecular formula is C17H24N6O2. The van der Waals surface area contributed by atoms with Crippen molar-refractivity contribution in [3.8, 4) is 5.88 Å². The molecule has 0 aliphatic carbocycles. The zero-order valence-corrected chi connectivity index (χ0v) is 14.8. The van der Waals surface area contributed by atoms with E-state index in [1.165, 1.54) is 0 Å². The van der Waals surface area contributed by atoms with E-state index < -0.39 is 0 Å². The zero-order valence-electron chi connectivity index (χ0n) is 14.8. The third-order valence-electron chi connectivity index (χ3n) is 4.34. The van der Waals surface area contributed by atoms with Gasteiger partial charge in [0.15, 0.2) is 0 Å². The molecule has 2 aromatic heterocycles. The van der Waals surface area contributed by atoms with Gasteiger partial charge >= 0.3 is 0 Å². The predicted molar refractivity (Wildman–Crippen MR) is 93.5 cm³/mol. The Kier molecular flexibility index (Phi) is 5.47. The van der Waals surface area contributed by atoms with Crippen LogP contribution in [0.4, 0.5) is 5.95 Å². The summed E-state index contributed by atoms with van der Waals surface area (Å²) in [4.78, 5) is 25.3. The van der Waals surface area contributed by atoms with Crippen molar-refractivity contribution in [2.24, 2.45) is 7.05 Å². The van der Waals surface area contributed by atoms with Gasteiger partial charge in [-0.3, -0.25) is 9.48 Å². The smallest absolute Gasteiger partial charge is 0.228 e. The minimum atomic E-state index is 0.192. The van der Waals surface area contributed by atoms with Crippen LogP contribution in [0.15, 0.2) is 24.7 Å². The first-order valence-corrected chi connectivity index (χ1v) is 8.53. The lowest BCUT2D eigenvalue weighted by Gasteiger charge is -2.22. The third-order valence-corrected chi connectivity index (χ3v) is 4.34. The van der Waals surface area contributed by atoms with E-state index >= 15 is 0 Å². The number of methoxy groups -OCH3 is 1. The molecule has 0 radical (unpaired) electrons. The molecule has 1 fully saturated rings. The molecule has 3 heterocycles. The van der Waals surface area contributed by atoms with E-state index in [4.69, 9.17) is 4.74 Å². The van der Waals surface area contributed by atoms with Crippen LogP contribution in [0.1, 0.15) is 18.4 Å². The molecule has 3 rings (SSSR count). The number of hydrogen-bond acceptors (Lipinski definition) is 6. The fraction of sp³-hybridized carbons (Fsp3) is 0.529. The third kappa shape index (κ3) is 4.46. The molecule has 1 aliphatic rings. The van der Waals surface area contributed by atoms with Gasteiger partial charge in [-0.05, 0) is 18.4 Å². The van der Waals surface area contributed by atoms with Crippen molar-refractivity contribution in [3.05, 3.63) is 30.2 Å². The SMILES string of the molecule is COc1ccnc(N2CCCN(C(=O)CCc3cnn(C)c3)CC2)n1. The summed E-state index contributed by atoms with van der Waals surface area (Å²) < 4.78 is 6.92. The van der Waals surface area contributed by atoms with E-state index in [0.717, 1.165) is 38.0 Å². The Morgan fingerprint density at radius 2 is 2.16 bits per heavy atom. The monoisotopic (exact) mass is 344 g/mol. The van der Waals surface area contributed by atoms with Crippen molar-refractivity contribution < 1.29 is 9.53 Å². The molecule has 0 aromatic carbocycles. The van der Waals surface area contributed by atoms with Crippen LogP contribution in [-0.2, 0) is 18.3 Å². The van der Waals surface area contributed by atoms with Gasteiger partial charge in [-0.2, -0.15) is 10.1 Å². The first-order chi connectivity index (χ1) is 12.2. The number of aryl methyl sites for hydroxylation is 2. The molecular weight excluding hydrogens is 320 g/mol. The normalized spacial score (nSPS) is 15.1. The molecule has 0 atom stereocenters. The highest BCUT2D eigenvalue weighted by atomic mass is 16.5. The number of anilines is 1. The second-order valence-electron chi connectivity index (χ2n) is 6.14. The fourth-order valence-corrected chi connectivity index (χ4v) is 2.98. The number of amides is 1. The molecule has 0 spiro atoms. The van der Waals surface area contributed by atoms with Gasteiger partial charge in [-0.25, -0.2) is 4.98 Å². The maximum absolute atomic E-state index is 12.5. The fourth-order valence-electron chi connectivity index (χ4n) is 2.98. The van der Waals surface area contributed by atoms with E-state index in [1.807, 2.05) is 24.3 Å². The number of carbonyl (C=O) groups is 1. The Bertz CT molecular complexity index is 717. The highest BCUT2D eigenvalue weighted by Gasteiger charge is 2.20. The molecule has 0 bridgehead atoms. The molecule has 2 aromatic rings. The second-order valence-corrected chi connectivity index (χ2v) is 6.14. The van der Waals surface area contributed by atoms with Crippen LogP contribution in [0.3, 0.4) is 0 Å². The van der Waals surface area contributed by atoms with Crippen LogP contribution < -0.4 is 9.64 Å². The van der Waals surface area contributed by atoms with E-state index in [1.54, 1.807) is 24.1 Å². The van der Waals surface area contributed by atoms with Crippen LogP contribution in [0, 0.1) is 0 Å². The zero-order chi connectivity index (χ0) is 17.6. The minimum Gasteiger partial charge on any atom is -0.481 e. The van der Waals surface area contributed by atoms with Crippen LogP contribution in [0.25, 0.3) is 0 Å². The molecule has 1 saturated heterocycles. The van der Waals surface area contributed by atoms with Crippen molar-refractivity contribution in [1.82, 2.24) is 24.6 Å². The predicted octanol–water partition coefficient (Wildman–Crippen LogP) is 0.890. The average molecular weight is 344 g/mol. The quantitative estimate of drug-likeness (QED) is 0.802. The lowest BCUT2D eigenvalue weighted by molar-refractivity contribution is -0.130. The molecule has 0 saturated carbocycles. The summed E-state index contributed by atoms with van der Waals surface area (Å²) in [6.07, 6.45) is 7.62. The molecule has 1 aliphatic heterocycles. The molecule has 25 heavy (non-hydrogen) atoms. The van der Waals surface area contributed by atoms with E-state index in [9.17, 15) is 4.79 Å². The Morgan fingerprint density at radius 3 is 2.92 bits per heavy atom. The minimum absolute atomic E-state index is 0.192. The van der Waals surface area contributed by atoms with Crippen molar-refractivity contribution >= 4 is 11.9 Å². The standard InChI is InChI=1S/C17H24N6O2/c1-21-13-14(12-19-21)4-5-16(24)22-8-3-9-23(11-10-22)17-18-7-6-15(20-17)25-2/h6-7,12-13H,3-5,8-11H2,1-2H3. The first-order valence-electron chi connectivity index (χ1n) is 8.53. The van der Waals surface area contributed by atoms with Crippen LogP contribution in [-0.4, -0.2) is 63.8 Å². The molecule has 0 N–H and O–H groups in total. The number of carbonyl (C=O) groups excluding carboxylic acids is 1. The highest BCUT2D eigenvalue weighted by molar-refractivity contribution is 5.76. The molecule has 134 valence electrons. The topological polar surface area (TPSA) is 76.4 Å². The van der Waals surface area contributed by atoms with Gasteiger partial charge in [-0.15, -0.1) is 0 Å². The van der Waals surface area contributed by atoms with Gasteiger partial charge in [0.2, 0.25) is 17.7 Å². The van der Waals surface area contributed by atoms with Crippen molar-refractivity contribution in [1.29, 1.82) is 0 Å². The van der Waals surface area contributed by atoms with E-state index in [-0.39, 0.29) is 5.91 Å². The van der Waals surface area contributed by atoms with Gasteiger partial charge in [0.1, 0.15) is 0 Å². The molecule has 0 unspecified atom stereocenters. The molecule has 8 nitrogen and oxygen atoms in total. The summed E-state index contributed by atoms with van der Waals surface area (Å²) in [6, 6.07) is 1.73. The van der Waals surface area contributed by atoms with E-state index in [2.05, 4.69) is 20.0 Å². The summed E-state index contributed by atoms with van der Waals surface area (Å²) in [5, 5.41) is 4.14. The van der Waals surface area contributed by atoms with Crippen LogP contribution in [0.2, 0.25) is 0 Å². The Balaban J connectivity index is 1.54. The van der Waals surface area contributed by atoms with Crippen LogP contribution in [0.5, 0.6) is 5.88 Å². The summed E-state index contributed by atoms with van der Waals surface area (Å²) in [5.41, 5.74) is 1.09. The highest BCUT2D eigenvalue weighted by Crippen LogP contribution is 2.15. The maximum atomic E-state index is 12.5. The number of nitrogens with zero attached hydrogens (tertiary/aromatic N) is 6. The summed E-state index contributed by atoms with van der Waals surface area (Å²) in [5.74, 6) is 1.40. The van der Waals surface area contributed by atoms with Gasteiger partial charge in [0.25, 0.3) is 0 Å². The number of ether oxygens (including phenoxy) is 1.